The second-order valence-corrected chi connectivity index (χ2v) is 5.08. The van der Waals surface area contributed by atoms with Gasteiger partial charge in [-0.1, -0.05) is 19.1 Å². The van der Waals surface area contributed by atoms with Crippen molar-refractivity contribution in [1.29, 1.82) is 0 Å². The summed E-state index contributed by atoms with van der Waals surface area (Å²) >= 11 is 7.85. The molecule has 88 valence electrons. The first-order valence-corrected chi connectivity index (χ1v) is 6.91. The van der Waals surface area contributed by atoms with Gasteiger partial charge in [0.05, 0.1) is 5.56 Å². The number of rotatable bonds is 5. The minimum absolute atomic E-state index is 0.0121. The van der Waals surface area contributed by atoms with Gasteiger partial charge in [-0.3, -0.25) is 4.79 Å². The zero-order chi connectivity index (χ0) is 12.0. The monoisotopic (exact) mass is 351 g/mol. The van der Waals surface area contributed by atoms with Crippen molar-refractivity contribution in [2.45, 2.75) is 25.8 Å². The van der Waals surface area contributed by atoms with E-state index in [1.807, 2.05) is 31.2 Å². The van der Waals surface area contributed by atoms with Gasteiger partial charge in [0.1, 0.15) is 0 Å². The Kier molecular flexibility index (Phi) is 6.13. The lowest BCUT2D eigenvalue weighted by Gasteiger charge is -2.16. The molecule has 4 heteroatoms. The standard InChI is InChI=1S/C12H15ClINO/c1-2-9(7-8-13)15-12(16)10-5-3-4-6-11(10)14/h3-6,9H,2,7-8H2,1H3,(H,15,16). The van der Waals surface area contributed by atoms with Crippen LogP contribution in [0.5, 0.6) is 0 Å². The van der Waals surface area contributed by atoms with Gasteiger partial charge < -0.3 is 5.32 Å². The number of hydrogen-bond donors (Lipinski definition) is 1. The Labute approximate surface area is 115 Å². The molecule has 0 aliphatic carbocycles. The molecule has 0 spiro atoms. The molecular weight excluding hydrogens is 336 g/mol. The third kappa shape index (κ3) is 3.94. The molecule has 1 atom stereocenters. The second-order valence-electron chi connectivity index (χ2n) is 3.54. The van der Waals surface area contributed by atoms with Gasteiger partial charge in [-0.25, -0.2) is 0 Å². The fraction of sp³-hybridized carbons (Fsp3) is 0.417. The summed E-state index contributed by atoms with van der Waals surface area (Å²) in [5.74, 6) is 0.562. The van der Waals surface area contributed by atoms with Crippen LogP contribution in [-0.4, -0.2) is 17.8 Å². The molecule has 0 bridgehead atoms. The molecule has 1 rings (SSSR count). The SMILES string of the molecule is CCC(CCCl)NC(=O)c1ccccc1I. The Morgan fingerprint density at radius 1 is 1.50 bits per heavy atom. The van der Waals surface area contributed by atoms with E-state index in [0.29, 0.717) is 5.88 Å². The van der Waals surface area contributed by atoms with E-state index < -0.39 is 0 Å². The Hall–Kier alpha value is -0.290. The minimum Gasteiger partial charge on any atom is -0.349 e. The number of carbonyl (C=O) groups is 1. The zero-order valence-electron chi connectivity index (χ0n) is 9.17. The number of halogens is 2. The summed E-state index contributed by atoms with van der Waals surface area (Å²) in [5, 5.41) is 3.00. The molecule has 0 saturated carbocycles. The highest BCUT2D eigenvalue weighted by molar-refractivity contribution is 14.1. The second kappa shape index (κ2) is 7.12. The highest BCUT2D eigenvalue weighted by Crippen LogP contribution is 2.12. The molecule has 16 heavy (non-hydrogen) atoms. The van der Waals surface area contributed by atoms with Crippen LogP contribution in [0.4, 0.5) is 0 Å². The van der Waals surface area contributed by atoms with Crippen LogP contribution in [0, 0.1) is 3.57 Å². The summed E-state index contributed by atoms with van der Waals surface area (Å²) in [7, 11) is 0. The lowest BCUT2D eigenvalue weighted by atomic mass is 10.1. The smallest absolute Gasteiger partial charge is 0.252 e. The molecule has 0 fully saturated rings. The summed E-state index contributed by atoms with van der Waals surface area (Å²) in [4.78, 5) is 12.0. The van der Waals surface area contributed by atoms with Crippen molar-refractivity contribution < 1.29 is 4.79 Å². The number of amides is 1. The topological polar surface area (TPSA) is 29.1 Å². The molecule has 2 nitrogen and oxygen atoms in total. The van der Waals surface area contributed by atoms with Crippen LogP contribution in [0.3, 0.4) is 0 Å². The molecule has 1 unspecified atom stereocenters. The van der Waals surface area contributed by atoms with Crippen LogP contribution in [-0.2, 0) is 0 Å². The summed E-state index contributed by atoms with van der Waals surface area (Å²) in [5.41, 5.74) is 0.733. The van der Waals surface area contributed by atoms with E-state index in [1.54, 1.807) is 0 Å². The zero-order valence-corrected chi connectivity index (χ0v) is 12.1. The van der Waals surface area contributed by atoms with Crippen LogP contribution in [0.1, 0.15) is 30.1 Å². The lowest BCUT2D eigenvalue weighted by molar-refractivity contribution is 0.0934. The molecule has 1 aromatic rings. The predicted molar refractivity (Wildman–Crippen MR) is 76.0 cm³/mol. The van der Waals surface area contributed by atoms with Crippen LogP contribution in [0.2, 0.25) is 0 Å². The average molecular weight is 352 g/mol. The van der Waals surface area contributed by atoms with Crippen molar-refractivity contribution in [3.63, 3.8) is 0 Å². The largest absolute Gasteiger partial charge is 0.349 e. The average Bonchev–Trinajstić information content (AvgIpc) is 2.28. The maximum Gasteiger partial charge on any atom is 0.252 e. The van der Waals surface area contributed by atoms with E-state index in [2.05, 4.69) is 27.9 Å². The number of benzene rings is 1. The third-order valence-electron chi connectivity index (χ3n) is 2.40. The summed E-state index contributed by atoms with van der Waals surface area (Å²) in [6.07, 6.45) is 1.72. The van der Waals surface area contributed by atoms with Crippen LogP contribution in [0.15, 0.2) is 24.3 Å². The van der Waals surface area contributed by atoms with Crippen molar-refractivity contribution in [2.24, 2.45) is 0 Å². The quantitative estimate of drug-likeness (QED) is 0.639. The van der Waals surface area contributed by atoms with Gasteiger partial charge in [-0.15, -0.1) is 11.6 Å². The van der Waals surface area contributed by atoms with Crippen molar-refractivity contribution in [1.82, 2.24) is 5.32 Å². The van der Waals surface area contributed by atoms with Crippen molar-refractivity contribution in [3.8, 4) is 0 Å². The Morgan fingerprint density at radius 2 is 2.19 bits per heavy atom. The highest BCUT2D eigenvalue weighted by atomic mass is 127. The van der Waals surface area contributed by atoms with E-state index in [-0.39, 0.29) is 11.9 Å². The molecule has 0 saturated heterocycles. The van der Waals surface area contributed by atoms with Gasteiger partial charge in [-0.2, -0.15) is 0 Å². The van der Waals surface area contributed by atoms with Gasteiger partial charge in [0.15, 0.2) is 0 Å². The molecule has 1 N–H and O–H groups in total. The fourth-order valence-corrected chi connectivity index (χ4v) is 2.31. The molecular formula is C12H15ClINO. The number of nitrogens with one attached hydrogen (secondary N) is 1. The first kappa shape index (κ1) is 13.8. The molecule has 0 aliphatic rings. The Balaban J connectivity index is 2.68. The van der Waals surface area contributed by atoms with E-state index in [9.17, 15) is 4.79 Å². The lowest BCUT2D eigenvalue weighted by Crippen LogP contribution is -2.35. The van der Waals surface area contributed by atoms with Crippen LogP contribution >= 0.6 is 34.2 Å². The normalized spacial score (nSPS) is 12.2. The predicted octanol–water partition coefficient (Wildman–Crippen LogP) is 3.43. The fourth-order valence-electron chi connectivity index (χ4n) is 1.42. The van der Waals surface area contributed by atoms with E-state index in [1.165, 1.54) is 0 Å². The first-order valence-electron chi connectivity index (χ1n) is 5.30. The number of carbonyl (C=O) groups excluding carboxylic acids is 1. The molecule has 0 heterocycles. The minimum atomic E-state index is -0.0121. The molecule has 0 radical (unpaired) electrons. The van der Waals surface area contributed by atoms with Crippen molar-refractivity contribution >= 4 is 40.1 Å². The van der Waals surface area contributed by atoms with Crippen LogP contribution < -0.4 is 5.32 Å². The third-order valence-corrected chi connectivity index (χ3v) is 3.56. The maximum atomic E-state index is 12.0. The van der Waals surface area contributed by atoms with Crippen LogP contribution in [0.25, 0.3) is 0 Å². The van der Waals surface area contributed by atoms with Crippen molar-refractivity contribution in [2.75, 3.05) is 5.88 Å². The van der Waals surface area contributed by atoms with Gasteiger partial charge in [-0.05, 0) is 47.6 Å². The van der Waals surface area contributed by atoms with Gasteiger partial charge in [0.2, 0.25) is 0 Å². The van der Waals surface area contributed by atoms with Gasteiger partial charge in [0.25, 0.3) is 5.91 Å². The molecule has 1 aromatic carbocycles. The summed E-state index contributed by atoms with van der Waals surface area (Å²) in [6.45, 7) is 2.05. The van der Waals surface area contributed by atoms with Gasteiger partial charge >= 0.3 is 0 Å². The summed E-state index contributed by atoms with van der Waals surface area (Å²) < 4.78 is 0.971. The highest BCUT2D eigenvalue weighted by Gasteiger charge is 2.13. The molecule has 1 amide bonds. The first-order chi connectivity index (χ1) is 7.69. The number of hydrogen-bond acceptors (Lipinski definition) is 1. The Morgan fingerprint density at radius 3 is 2.75 bits per heavy atom. The Bertz CT molecular complexity index is 357. The van der Waals surface area contributed by atoms with E-state index in [4.69, 9.17) is 11.6 Å². The van der Waals surface area contributed by atoms with Gasteiger partial charge in [0, 0.05) is 15.5 Å². The molecule has 0 aliphatic heterocycles. The number of alkyl halides is 1. The summed E-state index contributed by atoms with van der Waals surface area (Å²) in [6, 6.07) is 7.73. The van der Waals surface area contributed by atoms with E-state index in [0.717, 1.165) is 22.0 Å². The maximum absolute atomic E-state index is 12.0. The molecule has 0 aromatic heterocycles. The van der Waals surface area contributed by atoms with Crippen molar-refractivity contribution in [3.05, 3.63) is 33.4 Å². The van der Waals surface area contributed by atoms with E-state index >= 15 is 0 Å².